The van der Waals surface area contributed by atoms with Crippen molar-refractivity contribution < 1.29 is 39.1 Å². The summed E-state index contributed by atoms with van der Waals surface area (Å²) in [6, 6.07) is 24.1. The Kier molecular flexibility index (Phi) is 22.6. The largest absolute Gasteiger partial charge is 0.497 e. The van der Waals surface area contributed by atoms with E-state index in [1.165, 1.54) is 64.2 Å². The first kappa shape index (κ1) is 56.0. The lowest BCUT2D eigenvalue weighted by atomic mass is 9.60. The fourth-order valence-electron chi connectivity index (χ4n) is 10.6. The highest BCUT2D eigenvalue weighted by molar-refractivity contribution is 6.01. The van der Waals surface area contributed by atoms with Gasteiger partial charge < -0.3 is 29.5 Å². The van der Waals surface area contributed by atoms with Gasteiger partial charge in [-0.2, -0.15) is 0 Å². The number of aliphatic hydroxyl groups excluding tert-OH is 1. The molecule has 0 bridgehead atoms. The number of nitrogens with one attached hydrogen (secondary N) is 1. The van der Waals surface area contributed by atoms with Crippen molar-refractivity contribution in [1.82, 2.24) is 9.55 Å². The zero-order chi connectivity index (χ0) is 50.4. The van der Waals surface area contributed by atoms with Crippen molar-refractivity contribution in [2.45, 2.75) is 203 Å². The molecule has 0 saturated carbocycles. The molecule has 1 unspecified atom stereocenters. The van der Waals surface area contributed by atoms with Crippen molar-refractivity contribution in [3.63, 3.8) is 0 Å². The van der Waals surface area contributed by atoms with Gasteiger partial charge in [0.1, 0.15) is 23.7 Å². The molecule has 4 aromatic rings. The monoisotopic (exact) mass is 967 g/mol. The van der Waals surface area contributed by atoms with Crippen LogP contribution in [0, 0.1) is 0 Å². The van der Waals surface area contributed by atoms with Gasteiger partial charge in [-0.15, -0.1) is 0 Å². The Balaban J connectivity index is 1.59. The van der Waals surface area contributed by atoms with Crippen molar-refractivity contribution in [3.05, 3.63) is 129 Å². The number of hydrogen-bond acceptors (Lipinski definition) is 10. The van der Waals surface area contributed by atoms with Crippen molar-refractivity contribution in [1.29, 1.82) is 0 Å². The molecule has 5 atom stereocenters. The maximum absolute atomic E-state index is 15.3. The number of ether oxygens (including phenoxy) is 3. The topological polar surface area (TPSA) is 177 Å². The van der Waals surface area contributed by atoms with Gasteiger partial charge in [-0.05, 0) is 53.8 Å². The Morgan fingerprint density at radius 3 is 1.37 bits per heavy atom. The number of benzene rings is 3. The molecule has 12 nitrogen and oxygen atoms in total. The average Bonchev–Trinajstić information content (AvgIpc) is 3.62. The molecular formula is C58H82N2O10. The molecule has 4 N–H and O–H groups in total. The first-order valence-electron chi connectivity index (χ1n) is 26.5. The molecule has 70 heavy (non-hydrogen) atoms. The van der Waals surface area contributed by atoms with Crippen LogP contribution in [0.2, 0.25) is 0 Å². The van der Waals surface area contributed by atoms with E-state index in [2.05, 4.69) is 18.8 Å². The number of aromatic amines is 1. The molecule has 1 saturated heterocycles. The van der Waals surface area contributed by atoms with E-state index in [1.807, 2.05) is 18.2 Å². The van der Waals surface area contributed by atoms with Crippen LogP contribution < -0.4 is 20.7 Å². The maximum atomic E-state index is 15.3. The summed E-state index contributed by atoms with van der Waals surface area (Å²) in [7, 11) is 3.08. The third-order valence-corrected chi connectivity index (χ3v) is 14.6. The second-order valence-electron chi connectivity index (χ2n) is 19.5. The van der Waals surface area contributed by atoms with E-state index in [1.54, 1.807) is 74.9 Å². The van der Waals surface area contributed by atoms with Gasteiger partial charge >= 0.3 is 5.69 Å². The van der Waals surface area contributed by atoms with Crippen LogP contribution >= 0.6 is 0 Å². The minimum absolute atomic E-state index is 0.245. The highest BCUT2D eigenvalue weighted by atomic mass is 16.6. The Bertz CT molecular complexity index is 2230. The zero-order valence-electron chi connectivity index (χ0n) is 42.5. The zero-order valence-corrected chi connectivity index (χ0v) is 42.5. The summed E-state index contributed by atoms with van der Waals surface area (Å²) in [5, 5.41) is 40.6. The number of methoxy groups -OCH3 is 2. The number of aromatic nitrogens is 2. The van der Waals surface area contributed by atoms with E-state index in [-0.39, 0.29) is 12.8 Å². The Labute approximate surface area is 416 Å². The van der Waals surface area contributed by atoms with Gasteiger partial charge in [0, 0.05) is 25.1 Å². The van der Waals surface area contributed by atoms with E-state index in [0.717, 1.165) is 68.2 Å². The van der Waals surface area contributed by atoms with E-state index in [4.69, 9.17) is 14.2 Å². The molecule has 3 aromatic carbocycles. The summed E-state index contributed by atoms with van der Waals surface area (Å²) in [6.07, 6.45) is 16.9. The van der Waals surface area contributed by atoms with E-state index in [9.17, 15) is 24.9 Å². The maximum Gasteiger partial charge on any atom is 0.330 e. The average molecular weight is 967 g/mol. The predicted molar refractivity (Wildman–Crippen MR) is 276 cm³/mol. The smallest absolute Gasteiger partial charge is 0.330 e. The fourth-order valence-corrected chi connectivity index (χ4v) is 10.6. The number of carbonyl (C=O) groups excluding carboxylic acids is 2. The van der Waals surface area contributed by atoms with Crippen LogP contribution in [0.3, 0.4) is 0 Å². The lowest BCUT2D eigenvalue weighted by Gasteiger charge is -2.46. The molecule has 1 aliphatic heterocycles. The third-order valence-electron chi connectivity index (χ3n) is 14.6. The van der Waals surface area contributed by atoms with Gasteiger partial charge in [-0.25, -0.2) is 4.79 Å². The summed E-state index contributed by atoms with van der Waals surface area (Å²) in [5.74, 6) is -0.736. The summed E-state index contributed by atoms with van der Waals surface area (Å²) < 4.78 is 18.6. The molecule has 0 amide bonds. The fraction of sp³-hybridized carbons (Fsp3) is 0.586. The highest BCUT2D eigenvalue weighted by Gasteiger charge is 2.75. The van der Waals surface area contributed by atoms with Crippen molar-refractivity contribution in [2.75, 3.05) is 14.2 Å². The number of hydrogen-bond donors (Lipinski definition) is 4. The van der Waals surface area contributed by atoms with Crippen LogP contribution in [0.5, 0.6) is 11.5 Å². The molecule has 12 heteroatoms. The molecule has 1 aromatic heterocycles. The molecule has 384 valence electrons. The third kappa shape index (κ3) is 13.3. The van der Waals surface area contributed by atoms with Gasteiger partial charge in [-0.3, -0.25) is 23.9 Å². The lowest BCUT2D eigenvalue weighted by molar-refractivity contribution is -0.187. The van der Waals surface area contributed by atoms with Gasteiger partial charge in [-0.1, -0.05) is 197 Å². The predicted octanol–water partition coefficient (Wildman–Crippen LogP) is 10.8. The lowest BCUT2D eigenvalue weighted by Crippen LogP contribution is -2.70. The molecule has 2 heterocycles. The van der Waals surface area contributed by atoms with Crippen molar-refractivity contribution >= 4 is 11.6 Å². The van der Waals surface area contributed by atoms with Crippen LogP contribution in [-0.2, 0) is 19.7 Å². The summed E-state index contributed by atoms with van der Waals surface area (Å²) >= 11 is 0. The second-order valence-corrected chi connectivity index (χ2v) is 19.5. The standard InChI is InChI=1S/C58H82N2O10/c1-5-7-9-11-13-15-17-19-21-23-28-32-49(61)57(66)53(52(64)56(44-30-26-25-27-31-44,45-34-38-47(68-3)39-35-45)46-36-40-48(69-4)41-37-46)70-54(60-43-42-51(63)59-55(60)65)58(57,67)50(62)33-29-24-22-20-18-16-14-12-10-8-6-2/h25-27,30-31,34-43,52-54,64,66-67H,5-24,28-29,32-33H2,1-4H3,(H,59,63,65)/t52?,53-,54-,57-,58+/m1/s1. The molecule has 0 aliphatic carbocycles. The minimum atomic E-state index is -3.11. The van der Waals surface area contributed by atoms with Crippen molar-refractivity contribution in [3.8, 4) is 11.5 Å². The number of carbonyl (C=O) groups is 2. The van der Waals surface area contributed by atoms with Crippen LogP contribution in [0.25, 0.3) is 0 Å². The SMILES string of the molecule is CCCCCCCCCCCCCC(=O)[C@@]1(O)[C@@H](C(O)C(c2ccccc2)(c2ccc(OC)cc2)c2ccc(OC)cc2)O[C@@H](n2ccc(=O)[nH]c2=O)[C@@]1(O)C(=O)CCCCCCCCCCCCC. The van der Waals surface area contributed by atoms with Crippen LogP contribution in [0.1, 0.15) is 191 Å². The molecule has 1 aliphatic rings. The van der Waals surface area contributed by atoms with E-state index < -0.39 is 57.9 Å². The molecule has 5 rings (SSSR count). The van der Waals surface area contributed by atoms with Gasteiger partial charge in [0.25, 0.3) is 5.56 Å². The molecule has 0 radical (unpaired) electrons. The van der Waals surface area contributed by atoms with E-state index in [0.29, 0.717) is 53.9 Å². The number of H-pyrrole nitrogens is 1. The first-order valence-corrected chi connectivity index (χ1v) is 26.5. The first-order chi connectivity index (χ1) is 33.9. The number of unbranched alkanes of at least 4 members (excludes halogenated alkanes) is 20. The Morgan fingerprint density at radius 1 is 0.586 bits per heavy atom. The van der Waals surface area contributed by atoms with Gasteiger partial charge in [0.15, 0.2) is 23.4 Å². The van der Waals surface area contributed by atoms with Crippen LogP contribution in [0.15, 0.2) is 101 Å². The van der Waals surface area contributed by atoms with Gasteiger partial charge in [0.2, 0.25) is 5.60 Å². The number of rotatable bonds is 34. The summed E-state index contributed by atoms with van der Waals surface area (Å²) in [6.45, 7) is 4.41. The molecular weight excluding hydrogens is 885 g/mol. The highest BCUT2D eigenvalue weighted by Crippen LogP contribution is 2.54. The number of ketones is 2. The number of nitrogens with zero attached hydrogens (tertiary/aromatic N) is 1. The quantitative estimate of drug-likeness (QED) is 0.0260. The summed E-state index contributed by atoms with van der Waals surface area (Å²) in [5.41, 5.74) is -8.13. The minimum Gasteiger partial charge on any atom is -0.497 e. The Hall–Kier alpha value is -4.88. The summed E-state index contributed by atoms with van der Waals surface area (Å²) in [4.78, 5) is 58.8. The van der Waals surface area contributed by atoms with Crippen molar-refractivity contribution in [2.24, 2.45) is 0 Å². The van der Waals surface area contributed by atoms with Gasteiger partial charge in [0.05, 0.1) is 19.6 Å². The van der Waals surface area contributed by atoms with E-state index >= 15 is 9.59 Å². The number of aliphatic hydroxyl groups is 3. The van der Waals surface area contributed by atoms with Crippen LogP contribution in [0.4, 0.5) is 0 Å². The second kappa shape index (κ2) is 28.2. The molecule has 1 fully saturated rings. The Morgan fingerprint density at radius 2 is 0.971 bits per heavy atom. The van der Waals surface area contributed by atoms with Crippen LogP contribution in [-0.4, -0.2) is 74.1 Å². The normalized spacial score (nSPS) is 19.5. The number of Topliss-reactive ketones (excluding diaryl/α,β-unsaturated/α-hetero) is 2. The molecule has 0 spiro atoms.